The summed E-state index contributed by atoms with van der Waals surface area (Å²) in [6.45, 7) is 0.265. The van der Waals surface area contributed by atoms with Crippen molar-refractivity contribution >= 4 is 22.6 Å². The van der Waals surface area contributed by atoms with Crippen molar-refractivity contribution in [3.05, 3.63) is 99.7 Å². The number of halogens is 1. The molecule has 0 N–H and O–H groups in total. The monoisotopic (exact) mass is 362 g/mol. The van der Waals surface area contributed by atoms with Crippen LogP contribution in [-0.4, -0.2) is 0 Å². The number of benzene rings is 3. The molecule has 1 aromatic heterocycles. The number of para-hydroxylation sites is 1. The van der Waals surface area contributed by atoms with Crippen LogP contribution in [0.2, 0.25) is 5.02 Å². The second-order valence-electron chi connectivity index (χ2n) is 5.84. The van der Waals surface area contributed by atoms with E-state index in [1.165, 1.54) is 0 Å². The zero-order valence-corrected chi connectivity index (χ0v) is 14.6. The van der Waals surface area contributed by atoms with Crippen molar-refractivity contribution in [2.75, 3.05) is 0 Å². The van der Waals surface area contributed by atoms with Crippen LogP contribution in [0.3, 0.4) is 0 Å². The Hall–Kier alpha value is -3.04. The van der Waals surface area contributed by atoms with Gasteiger partial charge in [0.25, 0.3) is 0 Å². The molecule has 0 unspecified atom stereocenters. The van der Waals surface area contributed by atoms with E-state index in [1.54, 1.807) is 24.3 Å². The Kier molecular flexibility index (Phi) is 4.46. The Morgan fingerprint density at radius 2 is 1.54 bits per heavy atom. The fourth-order valence-corrected chi connectivity index (χ4v) is 3.03. The van der Waals surface area contributed by atoms with E-state index in [0.29, 0.717) is 27.3 Å². The van der Waals surface area contributed by atoms with Crippen molar-refractivity contribution in [1.82, 2.24) is 0 Å². The van der Waals surface area contributed by atoms with Crippen LogP contribution in [0.25, 0.3) is 22.3 Å². The van der Waals surface area contributed by atoms with Gasteiger partial charge in [0.05, 0.1) is 10.4 Å². The van der Waals surface area contributed by atoms with Gasteiger partial charge in [0.1, 0.15) is 12.2 Å². The predicted octanol–water partition coefficient (Wildman–Crippen LogP) is 5.69. The molecule has 0 aliphatic heterocycles. The standard InChI is InChI=1S/C22H15ClO3/c23-18-12-6-4-10-16(18)21-22(25-14-15-8-2-1-3-9-15)20(24)17-11-5-7-13-19(17)26-21/h1-13H,14H2. The molecule has 0 radical (unpaired) electrons. The molecule has 0 bridgehead atoms. The van der Waals surface area contributed by atoms with Gasteiger partial charge in [-0.15, -0.1) is 0 Å². The van der Waals surface area contributed by atoms with Crippen LogP contribution in [0.15, 0.2) is 88.1 Å². The van der Waals surface area contributed by atoms with Crippen molar-refractivity contribution in [3.8, 4) is 17.1 Å². The molecule has 4 aromatic rings. The SMILES string of the molecule is O=c1c(OCc2ccccc2)c(-c2ccccc2Cl)oc2ccccc12. The van der Waals surface area contributed by atoms with Crippen LogP contribution >= 0.6 is 11.6 Å². The number of ether oxygens (including phenoxy) is 1. The van der Waals surface area contributed by atoms with Gasteiger partial charge in [0.15, 0.2) is 5.76 Å². The molecule has 0 amide bonds. The second kappa shape index (κ2) is 7.06. The van der Waals surface area contributed by atoms with E-state index in [9.17, 15) is 4.79 Å². The molecular weight excluding hydrogens is 348 g/mol. The first kappa shape index (κ1) is 16.4. The minimum Gasteiger partial charge on any atom is -0.481 e. The Bertz CT molecular complexity index is 1120. The van der Waals surface area contributed by atoms with Crippen molar-refractivity contribution in [2.24, 2.45) is 0 Å². The highest BCUT2D eigenvalue weighted by Crippen LogP contribution is 2.35. The minimum absolute atomic E-state index is 0.167. The minimum atomic E-state index is -0.210. The Labute approximate surface area is 155 Å². The van der Waals surface area contributed by atoms with E-state index < -0.39 is 0 Å². The van der Waals surface area contributed by atoms with Gasteiger partial charge in [-0.3, -0.25) is 4.79 Å². The summed E-state index contributed by atoms with van der Waals surface area (Å²) >= 11 is 6.33. The molecule has 0 saturated heterocycles. The van der Waals surface area contributed by atoms with Gasteiger partial charge in [0.2, 0.25) is 11.2 Å². The summed E-state index contributed by atoms with van der Waals surface area (Å²) in [4.78, 5) is 13.0. The zero-order chi connectivity index (χ0) is 17.9. The average molecular weight is 363 g/mol. The lowest BCUT2D eigenvalue weighted by Gasteiger charge is -2.12. The van der Waals surface area contributed by atoms with Gasteiger partial charge < -0.3 is 9.15 Å². The van der Waals surface area contributed by atoms with Gasteiger partial charge in [-0.1, -0.05) is 66.2 Å². The molecule has 1 heterocycles. The van der Waals surface area contributed by atoms with Crippen LogP contribution in [0, 0.1) is 0 Å². The molecule has 0 atom stereocenters. The molecule has 26 heavy (non-hydrogen) atoms. The normalized spacial score (nSPS) is 10.8. The van der Waals surface area contributed by atoms with E-state index in [2.05, 4.69) is 0 Å². The molecule has 0 fully saturated rings. The Morgan fingerprint density at radius 1 is 0.846 bits per heavy atom. The molecule has 3 aromatic carbocycles. The van der Waals surface area contributed by atoms with Crippen LogP contribution in [-0.2, 0) is 6.61 Å². The Morgan fingerprint density at radius 3 is 2.35 bits per heavy atom. The molecule has 0 spiro atoms. The number of hydrogen-bond acceptors (Lipinski definition) is 3. The van der Waals surface area contributed by atoms with E-state index >= 15 is 0 Å². The Balaban J connectivity index is 1.88. The fourth-order valence-electron chi connectivity index (χ4n) is 2.81. The van der Waals surface area contributed by atoms with E-state index in [1.807, 2.05) is 54.6 Å². The molecule has 128 valence electrons. The van der Waals surface area contributed by atoms with Crippen molar-refractivity contribution in [1.29, 1.82) is 0 Å². The van der Waals surface area contributed by atoms with Crippen molar-refractivity contribution in [3.63, 3.8) is 0 Å². The first-order valence-corrected chi connectivity index (χ1v) is 8.59. The number of hydrogen-bond donors (Lipinski definition) is 0. The van der Waals surface area contributed by atoms with E-state index in [0.717, 1.165) is 5.56 Å². The van der Waals surface area contributed by atoms with E-state index in [4.69, 9.17) is 20.8 Å². The maximum Gasteiger partial charge on any atom is 0.235 e. The predicted molar refractivity (Wildman–Crippen MR) is 104 cm³/mol. The third kappa shape index (κ3) is 3.09. The summed E-state index contributed by atoms with van der Waals surface area (Å²) in [5, 5.41) is 0.974. The highest BCUT2D eigenvalue weighted by molar-refractivity contribution is 6.33. The molecule has 0 saturated carbocycles. The lowest BCUT2D eigenvalue weighted by molar-refractivity contribution is 0.298. The average Bonchev–Trinajstić information content (AvgIpc) is 2.68. The van der Waals surface area contributed by atoms with Gasteiger partial charge in [-0.2, -0.15) is 0 Å². The van der Waals surface area contributed by atoms with Crippen molar-refractivity contribution < 1.29 is 9.15 Å². The topological polar surface area (TPSA) is 39.4 Å². The molecule has 0 aliphatic rings. The van der Waals surface area contributed by atoms with Crippen molar-refractivity contribution in [2.45, 2.75) is 6.61 Å². The summed E-state index contributed by atoms with van der Waals surface area (Å²) in [5.74, 6) is 0.510. The first-order chi connectivity index (χ1) is 12.7. The van der Waals surface area contributed by atoms with Gasteiger partial charge >= 0.3 is 0 Å². The van der Waals surface area contributed by atoms with Crippen LogP contribution in [0.5, 0.6) is 5.75 Å². The first-order valence-electron chi connectivity index (χ1n) is 8.21. The summed E-state index contributed by atoms with van der Waals surface area (Å²) in [6, 6.07) is 24.0. The summed E-state index contributed by atoms with van der Waals surface area (Å²) in [5.41, 5.74) is 1.88. The van der Waals surface area contributed by atoms with Gasteiger partial charge in [-0.05, 0) is 29.8 Å². The maximum absolute atomic E-state index is 13.0. The van der Waals surface area contributed by atoms with Gasteiger partial charge in [-0.25, -0.2) is 0 Å². The smallest absolute Gasteiger partial charge is 0.235 e. The highest BCUT2D eigenvalue weighted by Gasteiger charge is 2.19. The van der Waals surface area contributed by atoms with Gasteiger partial charge in [0, 0.05) is 5.56 Å². The van der Waals surface area contributed by atoms with Crippen LogP contribution < -0.4 is 10.2 Å². The lowest BCUT2D eigenvalue weighted by Crippen LogP contribution is -2.10. The summed E-state index contributed by atoms with van der Waals surface area (Å²) in [7, 11) is 0. The molecule has 0 aliphatic carbocycles. The van der Waals surface area contributed by atoms with Crippen LogP contribution in [0.4, 0.5) is 0 Å². The molecule has 4 heteroatoms. The largest absolute Gasteiger partial charge is 0.481 e. The summed E-state index contributed by atoms with van der Waals surface area (Å²) < 4.78 is 11.9. The fraction of sp³-hybridized carbons (Fsp3) is 0.0455. The molecule has 3 nitrogen and oxygen atoms in total. The molecule has 4 rings (SSSR count). The third-order valence-corrected chi connectivity index (χ3v) is 4.43. The van der Waals surface area contributed by atoms with Crippen LogP contribution in [0.1, 0.15) is 5.56 Å². The lowest BCUT2D eigenvalue weighted by atomic mass is 10.1. The molecular formula is C22H15ClO3. The van der Waals surface area contributed by atoms with E-state index in [-0.39, 0.29) is 17.8 Å². The number of rotatable bonds is 4. The quantitative estimate of drug-likeness (QED) is 0.468. The number of fused-ring (bicyclic) bond motifs is 1. The summed E-state index contributed by atoms with van der Waals surface area (Å²) in [6.07, 6.45) is 0. The highest BCUT2D eigenvalue weighted by atomic mass is 35.5. The zero-order valence-electron chi connectivity index (χ0n) is 13.8. The second-order valence-corrected chi connectivity index (χ2v) is 6.25. The maximum atomic E-state index is 13.0. The third-order valence-electron chi connectivity index (χ3n) is 4.10.